The smallest absolute Gasteiger partial charge is 0.497 e. The lowest BCUT2D eigenvalue weighted by atomic mass is 9.78. The van der Waals surface area contributed by atoms with E-state index >= 15 is 0 Å². The Morgan fingerprint density at radius 1 is 1.04 bits per heavy atom. The third-order valence-electron chi connectivity index (χ3n) is 5.09. The summed E-state index contributed by atoms with van der Waals surface area (Å²) in [5.74, 6) is -0.411. The molecule has 0 saturated carbocycles. The maximum atomic E-state index is 14.9. The molecule has 0 amide bonds. The average molecular weight is 375 g/mol. The first kappa shape index (κ1) is 19.4. The molecule has 2 aromatic rings. The van der Waals surface area contributed by atoms with Crippen molar-refractivity contribution in [1.29, 1.82) is 0 Å². The molecule has 0 aromatic heterocycles. The first-order chi connectivity index (χ1) is 12.2. The summed E-state index contributed by atoms with van der Waals surface area (Å²) < 4.78 is 41.6. The van der Waals surface area contributed by atoms with Gasteiger partial charge in [0.2, 0.25) is 0 Å². The lowest BCUT2D eigenvalue weighted by Gasteiger charge is -2.32. The van der Waals surface area contributed by atoms with Gasteiger partial charge in [-0.25, -0.2) is 4.39 Å². The van der Waals surface area contributed by atoms with Crippen LogP contribution in [0.25, 0.3) is 11.1 Å². The molecule has 4 nitrogen and oxygen atoms in total. The lowest BCUT2D eigenvalue weighted by molar-refractivity contribution is 0.00578. The Bertz CT molecular complexity index is 799. The van der Waals surface area contributed by atoms with Crippen LogP contribution in [0.4, 0.5) is 4.39 Å². The second-order valence-corrected chi connectivity index (χ2v) is 8.68. The van der Waals surface area contributed by atoms with E-state index in [4.69, 9.17) is 9.31 Å². The van der Waals surface area contributed by atoms with Crippen LogP contribution >= 0.6 is 0 Å². The zero-order valence-electron chi connectivity index (χ0n) is 15.6. The molecule has 7 heteroatoms. The van der Waals surface area contributed by atoms with E-state index in [1.807, 2.05) is 45.9 Å². The van der Waals surface area contributed by atoms with Crippen LogP contribution in [0.2, 0.25) is 0 Å². The van der Waals surface area contributed by atoms with Gasteiger partial charge in [-0.3, -0.25) is 0 Å². The maximum Gasteiger partial charge on any atom is 0.497 e. The average Bonchev–Trinajstić information content (AvgIpc) is 2.81. The van der Waals surface area contributed by atoms with Crippen molar-refractivity contribution in [1.82, 2.24) is 4.72 Å². The van der Waals surface area contributed by atoms with Crippen molar-refractivity contribution in [3.05, 3.63) is 48.3 Å². The Morgan fingerprint density at radius 3 is 2.23 bits per heavy atom. The van der Waals surface area contributed by atoms with Crippen molar-refractivity contribution in [3.63, 3.8) is 0 Å². The third kappa shape index (κ3) is 3.42. The minimum Gasteiger partial charge on any atom is -0.593 e. The number of hydrogen-bond acceptors (Lipinski definition) is 4. The van der Waals surface area contributed by atoms with E-state index < -0.39 is 35.5 Å². The summed E-state index contributed by atoms with van der Waals surface area (Å²) in [6.07, 6.45) is 0. The molecule has 1 aliphatic rings. The molecule has 0 aliphatic carbocycles. The summed E-state index contributed by atoms with van der Waals surface area (Å²) in [5.41, 5.74) is 0.680. The fourth-order valence-electron chi connectivity index (χ4n) is 2.83. The molecule has 2 aromatic carbocycles. The third-order valence-corrected chi connectivity index (χ3v) is 6.22. The van der Waals surface area contributed by atoms with Crippen LogP contribution in [0.1, 0.15) is 27.7 Å². The molecule has 1 atom stereocenters. The molecular formula is C19H23BFNO3S. The highest BCUT2D eigenvalue weighted by molar-refractivity contribution is 7.89. The second-order valence-electron chi connectivity index (χ2n) is 7.29. The van der Waals surface area contributed by atoms with Crippen molar-refractivity contribution < 1.29 is 18.3 Å². The van der Waals surface area contributed by atoms with Crippen molar-refractivity contribution >= 4 is 23.9 Å². The van der Waals surface area contributed by atoms with Crippen molar-refractivity contribution in [2.24, 2.45) is 0 Å². The lowest BCUT2D eigenvalue weighted by Crippen LogP contribution is -2.41. The monoisotopic (exact) mass is 375 g/mol. The van der Waals surface area contributed by atoms with Crippen LogP contribution < -0.4 is 10.2 Å². The Labute approximate surface area is 157 Å². The van der Waals surface area contributed by atoms with Gasteiger partial charge in [0.1, 0.15) is 5.82 Å². The molecule has 1 heterocycles. The highest BCUT2D eigenvalue weighted by Gasteiger charge is 2.52. The number of nitrogens with one attached hydrogen (secondary N) is 1. The molecule has 1 N–H and O–H groups in total. The molecule has 0 spiro atoms. The SMILES string of the molecule is CN[S+]([O-])c1ccccc1-c1ccc(B2OC(C)(C)C(C)(C)O2)c(F)c1. The highest BCUT2D eigenvalue weighted by atomic mass is 32.2. The minimum absolute atomic E-state index is 0.361. The fraction of sp³-hybridized carbons (Fsp3) is 0.368. The van der Waals surface area contributed by atoms with E-state index in [0.29, 0.717) is 15.9 Å². The van der Waals surface area contributed by atoms with Gasteiger partial charge in [0, 0.05) is 18.1 Å². The van der Waals surface area contributed by atoms with Gasteiger partial charge in [-0.05, 0) is 51.5 Å². The van der Waals surface area contributed by atoms with Gasteiger partial charge in [0.15, 0.2) is 4.90 Å². The van der Waals surface area contributed by atoms with Crippen LogP contribution in [-0.4, -0.2) is 29.9 Å². The zero-order valence-corrected chi connectivity index (χ0v) is 16.4. The molecule has 0 radical (unpaired) electrons. The predicted octanol–water partition coefficient (Wildman–Crippen LogP) is 3.03. The van der Waals surface area contributed by atoms with Crippen molar-refractivity contribution in [3.8, 4) is 11.1 Å². The number of benzene rings is 2. The number of hydrogen-bond donors (Lipinski definition) is 1. The van der Waals surface area contributed by atoms with Crippen LogP contribution in [0, 0.1) is 5.82 Å². The Morgan fingerprint density at radius 2 is 1.65 bits per heavy atom. The maximum absolute atomic E-state index is 14.9. The fourth-order valence-corrected chi connectivity index (χ4v) is 3.64. The molecule has 138 valence electrons. The zero-order chi connectivity index (χ0) is 19.1. The second kappa shape index (κ2) is 6.98. The normalized spacial score (nSPS) is 19.6. The first-order valence-corrected chi connectivity index (χ1v) is 9.65. The standard InChI is InChI=1S/C19H23BFNO3S/c1-18(2)19(3,4)25-20(24-18)15-11-10-13(12-16(15)21)14-8-6-7-9-17(14)26(23)22-5/h6-12,22H,1-5H3. The van der Waals surface area contributed by atoms with E-state index in [2.05, 4.69) is 4.72 Å². The van der Waals surface area contributed by atoms with E-state index in [1.54, 1.807) is 25.2 Å². The van der Waals surface area contributed by atoms with Gasteiger partial charge in [0.25, 0.3) is 0 Å². The molecule has 1 aliphatic heterocycles. The quantitative estimate of drug-likeness (QED) is 0.659. The van der Waals surface area contributed by atoms with Gasteiger partial charge in [-0.1, -0.05) is 24.3 Å². The summed E-state index contributed by atoms with van der Waals surface area (Å²) in [5, 5.41) is 0. The molecule has 3 rings (SSSR count). The van der Waals surface area contributed by atoms with Gasteiger partial charge in [-0.15, -0.1) is 4.72 Å². The topological polar surface area (TPSA) is 53.5 Å². The summed E-state index contributed by atoms with van der Waals surface area (Å²) in [7, 11) is 0.866. The number of rotatable bonds is 4. The molecular weight excluding hydrogens is 352 g/mol. The Kier molecular flexibility index (Phi) is 5.20. The van der Waals surface area contributed by atoms with Gasteiger partial charge >= 0.3 is 7.12 Å². The van der Waals surface area contributed by atoms with Gasteiger partial charge in [-0.2, -0.15) is 0 Å². The minimum atomic E-state index is -1.36. The summed E-state index contributed by atoms with van der Waals surface area (Å²) >= 11 is -1.36. The molecule has 1 unspecified atom stereocenters. The van der Waals surface area contributed by atoms with E-state index in [0.717, 1.165) is 5.56 Å². The van der Waals surface area contributed by atoms with E-state index in [1.165, 1.54) is 6.07 Å². The molecule has 1 fully saturated rings. The summed E-state index contributed by atoms with van der Waals surface area (Å²) in [6.45, 7) is 7.73. The van der Waals surface area contributed by atoms with Crippen molar-refractivity contribution in [2.45, 2.75) is 43.8 Å². The van der Waals surface area contributed by atoms with Crippen LogP contribution in [0.3, 0.4) is 0 Å². The van der Waals surface area contributed by atoms with Crippen LogP contribution in [-0.2, 0) is 20.7 Å². The Balaban J connectivity index is 1.95. The summed E-state index contributed by atoms with van der Waals surface area (Å²) in [6, 6.07) is 12.2. The largest absolute Gasteiger partial charge is 0.593 e. The van der Waals surface area contributed by atoms with E-state index in [-0.39, 0.29) is 0 Å². The van der Waals surface area contributed by atoms with Gasteiger partial charge < -0.3 is 13.9 Å². The van der Waals surface area contributed by atoms with E-state index in [9.17, 15) is 8.94 Å². The van der Waals surface area contributed by atoms with Crippen LogP contribution in [0.15, 0.2) is 47.4 Å². The van der Waals surface area contributed by atoms with Gasteiger partial charge in [0.05, 0.1) is 22.6 Å². The predicted molar refractivity (Wildman–Crippen MR) is 103 cm³/mol. The van der Waals surface area contributed by atoms with Crippen LogP contribution in [0.5, 0.6) is 0 Å². The molecule has 1 saturated heterocycles. The first-order valence-electron chi connectivity index (χ1n) is 8.50. The Hall–Kier alpha value is -1.38. The molecule has 0 bridgehead atoms. The number of halogens is 1. The summed E-state index contributed by atoms with van der Waals surface area (Å²) in [4.78, 5) is 0.609. The van der Waals surface area contributed by atoms with Crippen molar-refractivity contribution in [2.75, 3.05) is 7.05 Å². The molecule has 26 heavy (non-hydrogen) atoms. The highest BCUT2D eigenvalue weighted by Crippen LogP contribution is 2.37.